The number of fused-ring (bicyclic) bond motifs is 1. The van der Waals surface area contributed by atoms with Crippen LogP contribution in [0.25, 0.3) is 10.9 Å². The summed E-state index contributed by atoms with van der Waals surface area (Å²) in [4.78, 5) is 27.9. The third-order valence-electron chi connectivity index (χ3n) is 3.79. The highest BCUT2D eigenvalue weighted by molar-refractivity contribution is 5.84. The number of nitrogens with zero attached hydrogens (tertiary/aromatic N) is 1. The maximum absolute atomic E-state index is 12.4. The van der Waals surface area contributed by atoms with Gasteiger partial charge in [-0.3, -0.25) is 9.59 Å². The van der Waals surface area contributed by atoms with Crippen molar-refractivity contribution in [3.8, 4) is 0 Å². The molecule has 118 valence electrons. The smallest absolute Gasteiger partial charge is 0.305 e. The lowest BCUT2D eigenvalue weighted by molar-refractivity contribution is -0.139. The van der Waals surface area contributed by atoms with Crippen LogP contribution in [-0.2, 0) is 16.0 Å². The van der Waals surface area contributed by atoms with Gasteiger partial charge in [0, 0.05) is 36.1 Å². The number of aliphatic carboxylic acids is 1. The fourth-order valence-electron chi connectivity index (χ4n) is 2.61. The number of hydrogen-bond donors (Lipinski definition) is 2. The Morgan fingerprint density at radius 2 is 1.95 bits per heavy atom. The summed E-state index contributed by atoms with van der Waals surface area (Å²) < 4.78 is 0. The van der Waals surface area contributed by atoms with E-state index in [-0.39, 0.29) is 24.9 Å². The number of carboxylic acid groups (broad SMARTS) is 1. The van der Waals surface area contributed by atoms with Crippen LogP contribution >= 0.6 is 0 Å². The average Bonchev–Trinajstić information content (AvgIpc) is 2.88. The number of amides is 1. The van der Waals surface area contributed by atoms with E-state index in [1.54, 1.807) is 4.90 Å². The first kappa shape index (κ1) is 16.1. The Kier molecular flexibility index (Phi) is 5.20. The topological polar surface area (TPSA) is 73.4 Å². The fourth-order valence-corrected chi connectivity index (χ4v) is 2.61. The minimum absolute atomic E-state index is 0.00142. The molecule has 0 unspecified atom stereocenters. The first-order valence-electron chi connectivity index (χ1n) is 7.55. The second-order valence-corrected chi connectivity index (χ2v) is 5.68. The van der Waals surface area contributed by atoms with Crippen molar-refractivity contribution in [2.45, 2.75) is 39.2 Å². The number of aromatic nitrogens is 1. The maximum Gasteiger partial charge on any atom is 0.305 e. The zero-order valence-corrected chi connectivity index (χ0v) is 13.0. The van der Waals surface area contributed by atoms with E-state index >= 15 is 0 Å². The zero-order chi connectivity index (χ0) is 16.1. The summed E-state index contributed by atoms with van der Waals surface area (Å²) in [5.74, 6) is -0.878. The van der Waals surface area contributed by atoms with Crippen molar-refractivity contribution in [2.24, 2.45) is 0 Å². The lowest BCUT2D eigenvalue weighted by Crippen LogP contribution is -2.38. The van der Waals surface area contributed by atoms with Crippen molar-refractivity contribution in [3.63, 3.8) is 0 Å². The average molecular weight is 302 g/mol. The predicted octanol–water partition coefficient (Wildman–Crippen LogP) is 2.81. The van der Waals surface area contributed by atoms with E-state index in [0.29, 0.717) is 12.8 Å². The number of rotatable bonds is 7. The molecular formula is C17H22N2O3. The van der Waals surface area contributed by atoms with E-state index in [1.165, 1.54) is 0 Å². The number of para-hydroxylation sites is 1. The lowest BCUT2D eigenvalue weighted by Gasteiger charge is -2.26. The highest BCUT2D eigenvalue weighted by Gasteiger charge is 2.18. The Morgan fingerprint density at radius 1 is 1.23 bits per heavy atom. The van der Waals surface area contributed by atoms with Gasteiger partial charge in [0.1, 0.15) is 0 Å². The first-order valence-corrected chi connectivity index (χ1v) is 7.55. The number of carbonyl (C=O) groups is 2. The second kappa shape index (κ2) is 7.11. The molecule has 1 aromatic carbocycles. The van der Waals surface area contributed by atoms with Gasteiger partial charge in [-0.1, -0.05) is 18.2 Å². The number of aryl methyl sites for hydroxylation is 1. The molecule has 0 bridgehead atoms. The van der Waals surface area contributed by atoms with Gasteiger partial charge in [0.25, 0.3) is 0 Å². The van der Waals surface area contributed by atoms with Crippen LogP contribution in [0.3, 0.4) is 0 Å². The Balaban J connectivity index is 1.99. The molecular weight excluding hydrogens is 280 g/mol. The Labute approximate surface area is 129 Å². The largest absolute Gasteiger partial charge is 0.481 e. The predicted molar refractivity (Wildman–Crippen MR) is 85.7 cm³/mol. The van der Waals surface area contributed by atoms with Crippen molar-refractivity contribution in [2.75, 3.05) is 6.54 Å². The van der Waals surface area contributed by atoms with Gasteiger partial charge in [-0.2, -0.15) is 0 Å². The summed E-state index contributed by atoms with van der Waals surface area (Å²) in [6.07, 6.45) is 2.96. The van der Waals surface area contributed by atoms with E-state index in [1.807, 2.05) is 44.3 Å². The zero-order valence-electron chi connectivity index (χ0n) is 13.0. The van der Waals surface area contributed by atoms with E-state index in [2.05, 4.69) is 4.98 Å². The van der Waals surface area contributed by atoms with Crippen LogP contribution in [-0.4, -0.2) is 39.5 Å². The second-order valence-electron chi connectivity index (χ2n) is 5.68. The maximum atomic E-state index is 12.4. The summed E-state index contributed by atoms with van der Waals surface area (Å²) in [7, 11) is 0. The van der Waals surface area contributed by atoms with Crippen LogP contribution in [0.2, 0.25) is 0 Å². The molecule has 2 N–H and O–H groups in total. The number of carboxylic acids is 1. The van der Waals surface area contributed by atoms with Crippen LogP contribution in [0, 0.1) is 0 Å². The molecule has 1 aromatic heterocycles. The summed E-state index contributed by atoms with van der Waals surface area (Å²) in [5, 5.41) is 9.92. The van der Waals surface area contributed by atoms with Gasteiger partial charge in [0.05, 0.1) is 6.42 Å². The molecule has 0 saturated heterocycles. The van der Waals surface area contributed by atoms with E-state index in [9.17, 15) is 9.59 Å². The quantitative estimate of drug-likeness (QED) is 0.826. The summed E-state index contributed by atoms with van der Waals surface area (Å²) >= 11 is 0. The molecule has 5 heteroatoms. The molecule has 0 fully saturated rings. The summed E-state index contributed by atoms with van der Waals surface area (Å²) in [6.45, 7) is 4.08. The molecule has 0 radical (unpaired) electrons. The molecule has 0 spiro atoms. The molecule has 0 aliphatic rings. The molecule has 0 atom stereocenters. The van der Waals surface area contributed by atoms with Crippen molar-refractivity contribution >= 4 is 22.8 Å². The standard InChI is InChI=1S/C17H22N2O3/c1-12(2)19(10-9-17(21)22)16(20)8-7-13-11-18-15-6-4-3-5-14(13)15/h3-6,11-12,18H,7-10H2,1-2H3,(H,21,22). The molecule has 2 aromatic rings. The molecule has 2 rings (SSSR count). The van der Waals surface area contributed by atoms with E-state index < -0.39 is 5.97 Å². The van der Waals surface area contributed by atoms with Crippen LogP contribution in [0.1, 0.15) is 32.3 Å². The van der Waals surface area contributed by atoms with Gasteiger partial charge in [-0.15, -0.1) is 0 Å². The molecule has 0 aliphatic carbocycles. The lowest BCUT2D eigenvalue weighted by atomic mass is 10.1. The van der Waals surface area contributed by atoms with E-state index in [0.717, 1.165) is 16.5 Å². The number of aromatic amines is 1. The van der Waals surface area contributed by atoms with Crippen molar-refractivity contribution < 1.29 is 14.7 Å². The van der Waals surface area contributed by atoms with Gasteiger partial charge < -0.3 is 15.0 Å². The monoisotopic (exact) mass is 302 g/mol. The van der Waals surface area contributed by atoms with Gasteiger partial charge in [-0.05, 0) is 31.9 Å². The van der Waals surface area contributed by atoms with Crippen LogP contribution < -0.4 is 0 Å². The number of benzene rings is 1. The van der Waals surface area contributed by atoms with E-state index in [4.69, 9.17) is 5.11 Å². The molecule has 1 amide bonds. The summed E-state index contributed by atoms with van der Waals surface area (Å²) in [5.41, 5.74) is 2.18. The highest BCUT2D eigenvalue weighted by atomic mass is 16.4. The molecule has 0 aliphatic heterocycles. The summed E-state index contributed by atoms with van der Waals surface area (Å²) in [6, 6.07) is 8.01. The third-order valence-corrected chi connectivity index (χ3v) is 3.79. The van der Waals surface area contributed by atoms with Crippen LogP contribution in [0.4, 0.5) is 0 Å². The number of nitrogens with one attached hydrogen (secondary N) is 1. The van der Waals surface area contributed by atoms with Crippen molar-refractivity contribution in [1.82, 2.24) is 9.88 Å². The molecule has 5 nitrogen and oxygen atoms in total. The Morgan fingerprint density at radius 3 is 2.64 bits per heavy atom. The minimum atomic E-state index is -0.880. The molecule has 0 saturated carbocycles. The number of hydrogen-bond acceptors (Lipinski definition) is 2. The van der Waals surface area contributed by atoms with Gasteiger partial charge in [-0.25, -0.2) is 0 Å². The molecule has 1 heterocycles. The first-order chi connectivity index (χ1) is 10.5. The minimum Gasteiger partial charge on any atom is -0.481 e. The third kappa shape index (κ3) is 3.87. The van der Waals surface area contributed by atoms with Gasteiger partial charge in [0.15, 0.2) is 0 Å². The molecule has 22 heavy (non-hydrogen) atoms. The normalized spacial score (nSPS) is 11.0. The Bertz CT molecular complexity index is 661. The number of H-pyrrole nitrogens is 1. The SMILES string of the molecule is CC(C)N(CCC(=O)O)C(=O)CCc1c[nH]c2ccccc12. The highest BCUT2D eigenvalue weighted by Crippen LogP contribution is 2.19. The van der Waals surface area contributed by atoms with Gasteiger partial charge >= 0.3 is 5.97 Å². The van der Waals surface area contributed by atoms with Crippen molar-refractivity contribution in [3.05, 3.63) is 36.0 Å². The van der Waals surface area contributed by atoms with Crippen LogP contribution in [0.5, 0.6) is 0 Å². The van der Waals surface area contributed by atoms with Crippen molar-refractivity contribution in [1.29, 1.82) is 0 Å². The fraction of sp³-hybridized carbons (Fsp3) is 0.412. The van der Waals surface area contributed by atoms with Crippen LogP contribution in [0.15, 0.2) is 30.5 Å². The Hall–Kier alpha value is -2.30. The number of carbonyl (C=O) groups excluding carboxylic acids is 1. The van der Waals surface area contributed by atoms with Gasteiger partial charge in [0.2, 0.25) is 5.91 Å².